The number of rotatable bonds is 6. The summed E-state index contributed by atoms with van der Waals surface area (Å²) < 4.78 is 58.6. The number of alkyl halides is 3. The molecule has 36 heavy (non-hydrogen) atoms. The summed E-state index contributed by atoms with van der Waals surface area (Å²) >= 11 is 0. The van der Waals surface area contributed by atoms with E-state index in [1.165, 1.54) is 23.3 Å². The molecular formula is C23H20F4N8O. The van der Waals surface area contributed by atoms with Crippen molar-refractivity contribution in [1.82, 2.24) is 34.7 Å². The molecule has 9 nitrogen and oxygen atoms in total. The molecule has 1 aromatic carbocycles. The number of carbonyl (C=O) groups excluding carboxylic acids is 1. The number of hydrogen-bond donors (Lipinski definition) is 1. The van der Waals surface area contributed by atoms with Gasteiger partial charge in [0, 0.05) is 12.1 Å². The zero-order chi connectivity index (χ0) is 25.6. The molecule has 186 valence electrons. The van der Waals surface area contributed by atoms with Gasteiger partial charge in [0.15, 0.2) is 0 Å². The largest absolute Gasteiger partial charge is 0.418 e. The van der Waals surface area contributed by atoms with Crippen LogP contribution in [-0.4, -0.2) is 40.6 Å². The van der Waals surface area contributed by atoms with Crippen molar-refractivity contribution < 1.29 is 22.4 Å². The fourth-order valence-electron chi connectivity index (χ4n) is 3.76. The van der Waals surface area contributed by atoms with E-state index in [4.69, 9.17) is 0 Å². The molecule has 1 fully saturated rings. The molecule has 0 unspecified atom stereocenters. The van der Waals surface area contributed by atoms with Crippen LogP contribution in [0, 0.1) is 5.82 Å². The number of carbonyl (C=O) groups is 1. The number of benzene rings is 1. The molecule has 1 saturated carbocycles. The molecule has 4 aromatic rings. The van der Waals surface area contributed by atoms with E-state index in [1.54, 1.807) is 12.1 Å². The maximum Gasteiger partial charge on any atom is 0.418 e. The fraction of sp³-hybridized carbons (Fsp3) is 0.304. The van der Waals surface area contributed by atoms with Crippen LogP contribution < -0.4 is 5.32 Å². The average molecular weight is 500 g/mol. The lowest BCUT2D eigenvalue weighted by Crippen LogP contribution is -2.18. The minimum absolute atomic E-state index is 0.0512. The Morgan fingerprint density at radius 1 is 1.19 bits per heavy atom. The lowest BCUT2D eigenvalue weighted by molar-refractivity contribution is -0.137. The number of pyridine rings is 1. The molecule has 0 aliphatic heterocycles. The molecule has 1 amide bonds. The highest BCUT2D eigenvalue weighted by molar-refractivity contribution is 6.04. The molecule has 0 saturated heterocycles. The Morgan fingerprint density at radius 2 is 1.97 bits per heavy atom. The Hall–Kier alpha value is -4.16. The van der Waals surface area contributed by atoms with Crippen LogP contribution in [-0.2, 0) is 6.18 Å². The van der Waals surface area contributed by atoms with Gasteiger partial charge in [0.1, 0.15) is 17.3 Å². The number of imidazole rings is 1. The molecule has 5 rings (SSSR count). The zero-order valence-electron chi connectivity index (χ0n) is 19.2. The highest BCUT2D eigenvalue weighted by atomic mass is 19.4. The number of aromatic nitrogens is 7. The predicted molar refractivity (Wildman–Crippen MR) is 120 cm³/mol. The van der Waals surface area contributed by atoms with Crippen molar-refractivity contribution in [3.8, 4) is 17.2 Å². The Balaban J connectivity index is 1.48. The third-order valence-electron chi connectivity index (χ3n) is 5.71. The van der Waals surface area contributed by atoms with Crippen LogP contribution >= 0.6 is 0 Å². The first-order chi connectivity index (χ1) is 17.1. The second-order valence-electron chi connectivity index (χ2n) is 8.73. The molecule has 3 heterocycles. The molecule has 1 aliphatic rings. The molecule has 0 spiro atoms. The second kappa shape index (κ2) is 8.81. The summed E-state index contributed by atoms with van der Waals surface area (Å²) in [6, 6.07) is 5.82. The predicted octanol–water partition coefficient (Wildman–Crippen LogP) is 4.79. The third kappa shape index (κ3) is 4.55. The quantitative estimate of drug-likeness (QED) is 0.382. The smallest absolute Gasteiger partial charge is 0.306 e. The summed E-state index contributed by atoms with van der Waals surface area (Å²) in [6.45, 7) is 3.76. The molecule has 0 bridgehead atoms. The summed E-state index contributed by atoms with van der Waals surface area (Å²) in [7, 11) is 0. The van der Waals surface area contributed by atoms with E-state index in [0.29, 0.717) is 23.3 Å². The van der Waals surface area contributed by atoms with E-state index in [2.05, 4.69) is 30.8 Å². The summed E-state index contributed by atoms with van der Waals surface area (Å²) in [5, 5.41) is 13.9. The SMILES string of the molecule is CC(C)n1nnnc1-c1cccc(NC(=O)c2cc(-n3cnc(C4CC4)c3)c(C(F)(F)F)cc2F)n1. The van der Waals surface area contributed by atoms with E-state index in [0.717, 1.165) is 23.5 Å². The van der Waals surface area contributed by atoms with Gasteiger partial charge >= 0.3 is 6.18 Å². The van der Waals surface area contributed by atoms with Crippen LogP contribution in [0.3, 0.4) is 0 Å². The number of amides is 1. The Morgan fingerprint density at radius 3 is 2.67 bits per heavy atom. The van der Waals surface area contributed by atoms with Crippen LogP contribution in [0.25, 0.3) is 17.2 Å². The van der Waals surface area contributed by atoms with Gasteiger partial charge in [0.05, 0.1) is 34.9 Å². The van der Waals surface area contributed by atoms with Crippen LogP contribution in [0.2, 0.25) is 0 Å². The minimum atomic E-state index is -4.84. The Labute approximate surface area is 202 Å². The molecule has 3 aromatic heterocycles. The summed E-state index contributed by atoms with van der Waals surface area (Å²) in [6.07, 6.45) is -0.301. The first-order valence-corrected chi connectivity index (χ1v) is 11.1. The minimum Gasteiger partial charge on any atom is -0.306 e. The van der Waals surface area contributed by atoms with E-state index in [-0.39, 0.29) is 17.8 Å². The summed E-state index contributed by atoms with van der Waals surface area (Å²) in [5.74, 6) is -1.66. The Bertz CT molecular complexity index is 1440. The lowest BCUT2D eigenvalue weighted by Gasteiger charge is -2.16. The normalized spacial score (nSPS) is 13.9. The monoisotopic (exact) mass is 500 g/mol. The number of tetrazole rings is 1. The van der Waals surface area contributed by atoms with Crippen molar-refractivity contribution in [2.24, 2.45) is 0 Å². The van der Waals surface area contributed by atoms with Gasteiger partial charge in [-0.3, -0.25) is 4.79 Å². The van der Waals surface area contributed by atoms with Gasteiger partial charge < -0.3 is 9.88 Å². The van der Waals surface area contributed by atoms with Gasteiger partial charge in [-0.2, -0.15) is 13.2 Å². The van der Waals surface area contributed by atoms with Crippen molar-refractivity contribution in [2.75, 3.05) is 5.32 Å². The lowest BCUT2D eigenvalue weighted by atomic mass is 10.1. The summed E-state index contributed by atoms with van der Waals surface area (Å²) in [5.41, 5.74) is -1.17. The third-order valence-corrected chi connectivity index (χ3v) is 5.71. The highest BCUT2D eigenvalue weighted by Gasteiger charge is 2.36. The van der Waals surface area contributed by atoms with Gasteiger partial charge in [-0.25, -0.2) is 19.0 Å². The van der Waals surface area contributed by atoms with Crippen molar-refractivity contribution in [2.45, 2.75) is 44.8 Å². The number of anilines is 1. The van der Waals surface area contributed by atoms with Crippen LogP contribution in [0.15, 0.2) is 42.9 Å². The number of nitrogens with zero attached hydrogens (tertiary/aromatic N) is 7. The van der Waals surface area contributed by atoms with Gasteiger partial charge in [-0.1, -0.05) is 6.07 Å². The zero-order valence-corrected chi connectivity index (χ0v) is 19.2. The van der Waals surface area contributed by atoms with Crippen LogP contribution in [0.1, 0.15) is 60.3 Å². The average Bonchev–Trinajstić information content (AvgIpc) is 3.34. The molecule has 1 aliphatic carbocycles. The number of halogens is 4. The van der Waals surface area contributed by atoms with Gasteiger partial charge in [-0.05, 0) is 61.4 Å². The van der Waals surface area contributed by atoms with Crippen molar-refractivity contribution in [3.63, 3.8) is 0 Å². The number of nitrogens with one attached hydrogen (secondary N) is 1. The van der Waals surface area contributed by atoms with Gasteiger partial charge in [-0.15, -0.1) is 5.10 Å². The standard InChI is InChI=1S/C23H20F4N8O/c1-12(2)35-21(31-32-33-35)17-4-3-5-20(29-17)30-22(36)14-8-19(15(9-16(14)24)23(25,26)27)34-10-18(28-11-34)13-6-7-13/h3-5,8-13H,6-7H2,1-2H3,(H,29,30,36). The van der Waals surface area contributed by atoms with E-state index in [9.17, 15) is 22.4 Å². The summed E-state index contributed by atoms with van der Waals surface area (Å²) in [4.78, 5) is 21.4. The van der Waals surface area contributed by atoms with Gasteiger partial charge in [0.25, 0.3) is 5.91 Å². The van der Waals surface area contributed by atoms with Crippen molar-refractivity contribution in [3.05, 3.63) is 65.5 Å². The number of hydrogen-bond acceptors (Lipinski definition) is 6. The van der Waals surface area contributed by atoms with Crippen molar-refractivity contribution in [1.29, 1.82) is 0 Å². The molecule has 0 atom stereocenters. The van der Waals surface area contributed by atoms with E-state index >= 15 is 0 Å². The van der Waals surface area contributed by atoms with Crippen molar-refractivity contribution >= 4 is 11.7 Å². The maximum absolute atomic E-state index is 14.8. The van der Waals surface area contributed by atoms with Crippen LogP contribution in [0.4, 0.5) is 23.4 Å². The first kappa shape index (κ1) is 23.6. The molecule has 1 N–H and O–H groups in total. The topological polar surface area (TPSA) is 103 Å². The van der Waals surface area contributed by atoms with E-state index < -0.39 is 34.7 Å². The Kier molecular flexibility index (Phi) is 5.77. The van der Waals surface area contributed by atoms with Gasteiger partial charge in [0.2, 0.25) is 5.82 Å². The molecular weight excluding hydrogens is 480 g/mol. The molecule has 13 heteroatoms. The van der Waals surface area contributed by atoms with E-state index in [1.807, 2.05) is 13.8 Å². The first-order valence-electron chi connectivity index (χ1n) is 11.1. The van der Waals surface area contributed by atoms with Crippen LogP contribution in [0.5, 0.6) is 0 Å². The highest BCUT2D eigenvalue weighted by Crippen LogP contribution is 2.40. The fourth-order valence-corrected chi connectivity index (χ4v) is 3.76. The maximum atomic E-state index is 14.8. The molecule has 0 radical (unpaired) electrons. The second-order valence-corrected chi connectivity index (χ2v) is 8.73.